The molecule has 1 amide bonds. The van der Waals surface area contributed by atoms with E-state index in [0.717, 1.165) is 51.1 Å². The molecule has 3 heterocycles. The molecule has 0 spiro atoms. The molecule has 0 saturated carbocycles. The van der Waals surface area contributed by atoms with E-state index >= 15 is 0 Å². The van der Waals surface area contributed by atoms with Crippen molar-refractivity contribution >= 4 is 5.91 Å². The third-order valence-corrected chi connectivity index (χ3v) is 4.71. The lowest BCUT2D eigenvalue weighted by molar-refractivity contribution is -0.128. The first-order chi connectivity index (χ1) is 10.3. The molecule has 1 N–H and O–H groups in total. The molecule has 0 unspecified atom stereocenters. The summed E-state index contributed by atoms with van der Waals surface area (Å²) in [7, 11) is 0. The van der Waals surface area contributed by atoms with Gasteiger partial charge in [-0.2, -0.15) is 0 Å². The van der Waals surface area contributed by atoms with Crippen LogP contribution in [-0.4, -0.2) is 45.5 Å². The molecule has 2 aliphatic rings. The number of fused-ring (bicyclic) bond motifs is 1. The van der Waals surface area contributed by atoms with Crippen LogP contribution >= 0.6 is 0 Å². The van der Waals surface area contributed by atoms with Gasteiger partial charge in [-0.3, -0.25) is 9.69 Å². The predicted molar refractivity (Wildman–Crippen MR) is 82.0 cm³/mol. The fourth-order valence-corrected chi connectivity index (χ4v) is 3.62. The molecule has 1 saturated heterocycles. The van der Waals surface area contributed by atoms with Gasteiger partial charge in [0.1, 0.15) is 5.82 Å². The number of nitrogens with zero attached hydrogens (tertiary/aromatic N) is 3. The highest BCUT2D eigenvalue weighted by atomic mass is 16.2. The maximum Gasteiger partial charge on any atom is 0.237 e. The molecular weight excluding hydrogens is 264 g/mol. The number of likely N-dealkylation sites (tertiary alicyclic amines) is 1. The standard InChI is InChI=1S/C16H26N4O/c1-2-9-19-10-4-3-5-14(19)16(21)18-13-6-7-15-17-8-11-20(15)12-13/h8,11,13-14H,2-7,9-10,12H2,1H3,(H,18,21)/t13-,14+/m0/s1. The van der Waals surface area contributed by atoms with Crippen molar-refractivity contribution < 1.29 is 4.79 Å². The van der Waals surface area contributed by atoms with Crippen LogP contribution in [0.15, 0.2) is 12.4 Å². The van der Waals surface area contributed by atoms with E-state index in [1.807, 2.05) is 12.4 Å². The molecule has 1 fully saturated rings. The van der Waals surface area contributed by atoms with Crippen molar-refractivity contribution in [2.75, 3.05) is 13.1 Å². The van der Waals surface area contributed by atoms with Crippen LogP contribution in [-0.2, 0) is 17.8 Å². The molecule has 21 heavy (non-hydrogen) atoms. The predicted octanol–water partition coefficient (Wildman–Crippen LogP) is 1.58. The lowest BCUT2D eigenvalue weighted by Gasteiger charge is -2.36. The van der Waals surface area contributed by atoms with Gasteiger partial charge in [-0.05, 0) is 38.8 Å². The third-order valence-electron chi connectivity index (χ3n) is 4.71. The van der Waals surface area contributed by atoms with Gasteiger partial charge in [-0.15, -0.1) is 0 Å². The van der Waals surface area contributed by atoms with Gasteiger partial charge in [0.2, 0.25) is 5.91 Å². The van der Waals surface area contributed by atoms with E-state index in [0.29, 0.717) is 0 Å². The van der Waals surface area contributed by atoms with Gasteiger partial charge in [0.25, 0.3) is 0 Å². The summed E-state index contributed by atoms with van der Waals surface area (Å²) in [5.41, 5.74) is 0. The molecule has 0 aromatic carbocycles. The average Bonchev–Trinajstić information content (AvgIpc) is 2.95. The molecule has 1 aromatic heterocycles. The Morgan fingerprint density at radius 3 is 3.19 bits per heavy atom. The Balaban J connectivity index is 1.58. The summed E-state index contributed by atoms with van der Waals surface area (Å²) in [5.74, 6) is 1.38. The monoisotopic (exact) mass is 290 g/mol. The highest BCUT2D eigenvalue weighted by molar-refractivity contribution is 5.82. The van der Waals surface area contributed by atoms with Crippen molar-refractivity contribution in [1.82, 2.24) is 19.8 Å². The molecule has 3 rings (SSSR count). The summed E-state index contributed by atoms with van der Waals surface area (Å²) in [6.45, 7) is 5.16. The number of carbonyl (C=O) groups excluding carboxylic acids is 1. The number of hydrogen-bond acceptors (Lipinski definition) is 3. The second-order valence-electron chi connectivity index (χ2n) is 6.29. The first-order valence-electron chi connectivity index (χ1n) is 8.32. The summed E-state index contributed by atoms with van der Waals surface area (Å²) in [6, 6.07) is 0.340. The zero-order chi connectivity index (χ0) is 14.7. The fraction of sp³-hybridized carbons (Fsp3) is 0.750. The van der Waals surface area contributed by atoms with Gasteiger partial charge in [-0.25, -0.2) is 4.98 Å². The topological polar surface area (TPSA) is 50.2 Å². The molecule has 5 heteroatoms. The van der Waals surface area contributed by atoms with Crippen molar-refractivity contribution in [3.05, 3.63) is 18.2 Å². The number of amides is 1. The van der Waals surface area contributed by atoms with Crippen molar-refractivity contribution in [1.29, 1.82) is 0 Å². The normalized spacial score (nSPS) is 26.3. The SMILES string of the molecule is CCCN1CCCC[C@@H]1C(=O)N[C@H]1CCc2nccn2C1. The summed E-state index contributed by atoms with van der Waals surface area (Å²) >= 11 is 0. The second-order valence-corrected chi connectivity index (χ2v) is 6.29. The maximum atomic E-state index is 12.6. The number of aryl methyl sites for hydroxylation is 1. The highest BCUT2D eigenvalue weighted by Crippen LogP contribution is 2.19. The zero-order valence-electron chi connectivity index (χ0n) is 12.9. The third kappa shape index (κ3) is 3.28. The Hall–Kier alpha value is -1.36. The van der Waals surface area contributed by atoms with E-state index in [1.54, 1.807) is 0 Å². The van der Waals surface area contributed by atoms with E-state index in [-0.39, 0.29) is 18.0 Å². The van der Waals surface area contributed by atoms with Crippen molar-refractivity contribution in [2.24, 2.45) is 0 Å². The van der Waals surface area contributed by atoms with Crippen molar-refractivity contribution in [2.45, 2.75) is 64.1 Å². The minimum Gasteiger partial charge on any atom is -0.350 e. The molecule has 0 aliphatic carbocycles. The molecule has 2 atom stereocenters. The van der Waals surface area contributed by atoms with Gasteiger partial charge >= 0.3 is 0 Å². The molecule has 1 aromatic rings. The highest BCUT2D eigenvalue weighted by Gasteiger charge is 2.30. The molecular formula is C16H26N4O. The van der Waals surface area contributed by atoms with Crippen LogP contribution in [0.1, 0.15) is 44.9 Å². The Kier molecular flexibility index (Phi) is 4.58. The van der Waals surface area contributed by atoms with Crippen molar-refractivity contribution in [3.63, 3.8) is 0 Å². The lowest BCUT2D eigenvalue weighted by Crippen LogP contribution is -2.53. The number of hydrogen-bond donors (Lipinski definition) is 1. The minimum absolute atomic E-state index is 0.0860. The number of imidazole rings is 1. The van der Waals surface area contributed by atoms with Crippen LogP contribution in [0.2, 0.25) is 0 Å². The smallest absolute Gasteiger partial charge is 0.237 e. The van der Waals surface area contributed by atoms with Crippen LogP contribution in [0.3, 0.4) is 0 Å². The zero-order valence-corrected chi connectivity index (χ0v) is 12.9. The number of carbonyl (C=O) groups is 1. The second kappa shape index (κ2) is 6.60. The van der Waals surface area contributed by atoms with Gasteiger partial charge in [0.05, 0.1) is 6.04 Å². The fourth-order valence-electron chi connectivity index (χ4n) is 3.62. The number of piperidine rings is 1. The summed E-state index contributed by atoms with van der Waals surface area (Å²) in [5, 5.41) is 3.28. The number of aromatic nitrogens is 2. The number of nitrogens with one attached hydrogen (secondary N) is 1. The largest absolute Gasteiger partial charge is 0.350 e. The van der Waals surface area contributed by atoms with Crippen LogP contribution in [0.5, 0.6) is 0 Å². The Morgan fingerprint density at radius 2 is 2.33 bits per heavy atom. The maximum absolute atomic E-state index is 12.6. The van der Waals surface area contributed by atoms with Gasteiger partial charge in [0, 0.05) is 31.4 Å². The van der Waals surface area contributed by atoms with Gasteiger partial charge < -0.3 is 9.88 Å². The van der Waals surface area contributed by atoms with E-state index in [9.17, 15) is 4.79 Å². The average molecular weight is 290 g/mol. The first-order valence-corrected chi connectivity index (χ1v) is 8.32. The van der Waals surface area contributed by atoms with Crippen LogP contribution in [0.25, 0.3) is 0 Å². The quantitative estimate of drug-likeness (QED) is 0.916. The molecule has 0 radical (unpaired) electrons. The summed E-state index contributed by atoms with van der Waals surface area (Å²) in [6.07, 6.45) is 10.4. The molecule has 116 valence electrons. The Bertz CT molecular complexity index is 482. The van der Waals surface area contributed by atoms with Crippen LogP contribution in [0, 0.1) is 0 Å². The first kappa shape index (κ1) is 14.6. The minimum atomic E-state index is 0.0860. The summed E-state index contributed by atoms with van der Waals surface area (Å²) in [4.78, 5) is 19.3. The Morgan fingerprint density at radius 1 is 1.43 bits per heavy atom. The van der Waals surface area contributed by atoms with E-state index in [1.165, 1.54) is 12.8 Å². The van der Waals surface area contributed by atoms with E-state index < -0.39 is 0 Å². The lowest BCUT2D eigenvalue weighted by atomic mass is 10.00. The molecule has 2 aliphatic heterocycles. The van der Waals surface area contributed by atoms with Gasteiger partial charge in [0.15, 0.2) is 0 Å². The van der Waals surface area contributed by atoms with Crippen LogP contribution < -0.4 is 5.32 Å². The Labute approximate surface area is 126 Å². The molecule has 0 bridgehead atoms. The van der Waals surface area contributed by atoms with Gasteiger partial charge in [-0.1, -0.05) is 13.3 Å². The molecule has 5 nitrogen and oxygen atoms in total. The van der Waals surface area contributed by atoms with E-state index in [2.05, 4.69) is 26.7 Å². The van der Waals surface area contributed by atoms with E-state index in [4.69, 9.17) is 0 Å². The number of rotatable bonds is 4. The summed E-state index contributed by atoms with van der Waals surface area (Å²) < 4.78 is 2.17. The van der Waals surface area contributed by atoms with Crippen molar-refractivity contribution in [3.8, 4) is 0 Å². The van der Waals surface area contributed by atoms with Crippen LogP contribution in [0.4, 0.5) is 0 Å².